The largest absolute Gasteiger partial charge is 0.497 e. The third kappa shape index (κ3) is 2.58. The molecule has 1 amide bonds. The Morgan fingerprint density at radius 2 is 1.92 bits per heavy atom. The van der Waals surface area contributed by atoms with Gasteiger partial charge in [-0.1, -0.05) is 12.1 Å². The molecule has 1 aliphatic rings. The summed E-state index contributed by atoms with van der Waals surface area (Å²) in [5.41, 5.74) is 2.76. The van der Waals surface area contributed by atoms with Crippen LogP contribution in [0.3, 0.4) is 0 Å². The number of rotatable bonds is 4. The highest BCUT2D eigenvalue weighted by atomic mass is 16.5. The first-order valence-corrected chi connectivity index (χ1v) is 8.56. The minimum Gasteiger partial charge on any atom is -0.497 e. The number of anilines is 1. The fraction of sp³-hybridized carbons (Fsp3) is 0.300. The van der Waals surface area contributed by atoms with Crippen LogP contribution in [0.5, 0.6) is 11.5 Å². The van der Waals surface area contributed by atoms with Crippen LogP contribution in [0.2, 0.25) is 0 Å². The average molecular weight is 351 g/mol. The number of ether oxygens (including phenoxy) is 2. The molecule has 1 saturated heterocycles. The summed E-state index contributed by atoms with van der Waals surface area (Å²) in [5.74, 6) is 2.39. The van der Waals surface area contributed by atoms with E-state index in [2.05, 4.69) is 4.57 Å². The zero-order chi connectivity index (χ0) is 18.3. The van der Waals surface area contributed by atoms with Crippen molar-refractivity contribution in [1.29, 1.82) is 0 Å². The highest BCUT2D eigenvalue weighted by Gasteiger charge is 2.35. The van der Waals surface area contributed by atoms with Gasteiger partial charge >= 0.3 is 0 Å². The number of carbonyl (C=O) groups excluding carboxylic acids is 1. The van der Waals surface area contributed by atoms with Crippen molar-refractivity contribution >= 4 is 22.6 Å². The molecular weight excluding hydrogens is 330 g/mol. The lowest BCUT2D eigenvalue weighted by Crippen LogP contribution is -2.25. The summed E-state index contributed by atoms with van der Waals surface area (Å²) in [6.07, 6.45) is 0.428. The fourth-order valence-corrected chi connectivity index (χ4v) is 3.65. The second kappa shape index (κ2) is 6.37. The second-order valence-electron chi connectivity index (χ2n) is 6.46. The van der Waals surface area contributed by atoms with Crippen LogP contribution in [0.15, 0.2) is 42.5 Å². The number of methoxy groups -OCH3 is 2. The number of hydrogen-bond donors (Lipinski definition) is 0. The van der Waals surface area contributed by atoms with Crippen molar-refractivity contribution in [3.63, 3.8) is 0 Å². The average Bonchev–Trinajstić information content (AvgIpc) is 3.21. The van der Waals surface area contributed by atoms with Crippen molar-refractivity contribution in [2.45, 2.75) is 12.3 Å². The minimum absolute atomic E-state index is 0.0378. The Morgan fingerprint density at radius 3 is 2.65 bits per heavy atom. The lowest BCUT2D eigenvalue weighted by Gasteiger charge is -2.20. The number of aryl methyl sites for hydroxylation is 1. The molecule has 2 heterocycles. The monoisotopic (exact) mass is 351 g/mol. The van der Waals surface area contributed by atoms with E-state index in [1.165, 1.54) is 0 Å². The van der Waals surface area contributed by atoms with E-state index in [9.17, 15) is 4.79 Å². The first kappa shape index (κ1) is 16.4. The number of nitrogens with zero attached hydrogens (tertiary/aromatic N) is 3. The number of para-hydroxylation sites is 2. The third-order valence-electron chi connectivity index (χ3n) is 4.99. The SMILES string of the molecule is COc1ccc(OC)c(N2CC(c3nc4ccccc4n3C)CC2=O)c1. The predicted molar refractivity (Wildman–Crippen MR) is 100.0 cm³/mol. The first-order valence-electron chi connectivity index (χ1n) is 8.56. The molecule has 6 heteroatoms. The summed E-state index contributed by atoms with van der Waals surface area (Å²) in [6, 6.07) is 13.5. The maximum atomic E-state index is 12.7. The van der Waals surface area contributed by atoms with Crippen molar-refractivity contribution in [1.82, 2.24) is 9.55 Å². The number of fused-ring (bicyclic) bond motifs is 1. The molecule has 0 spiro atoms. The van der Waals surface area contributed by atoms with E-state index in [1.807, 2.05) is 49.5 Å². The molecule has 3 aromatic rings. The van der Waals surface area contributed by atoms with E-state index < -0.39 is 0 Å². The molecule has 1 unspecified atom stereocenters. The number of hydrogen-bond acceptors (Lipinski definition) is 4. The molecule has 1 aromatic heterocycles. The van der Waals surface area contributed by atoms with E-state index in [1.54, 1.807) is 19.1 Å². The molecule has 2 aromatic carbocycles. The molecule has 0 N–H and O–H groups in total. The van der Waals surface area contributed by atoms with Crippen LogP contribution < -0.4 is 14.4 Å². The summed E-state index contributed by atoms with van der Waals surface area (Å²) in [5, 5.41) is 0. The molecule has 4 rings (SSSR count). The van der Waals surface area contributed by atoms with Crippen molar-refractivity contribution < 1.29 is 14.3 Å². The Labute approximate surface area is 152 Å². The van der Waals surface area contributed by atoms with Gasteiger partial charge in [-0.25, -0.2) is 4.98 Å². The molecule has 1 atom stereocenters. The summed E-state index contributed by atoms with van der Waals surface area (Å²) in [4.78, 5) is 19.3. The van der Waals surface area contributed by atoms with Crippen molar-refractivity contribution in [3.05, 3.63) is 48.3 Å². The molecule has 1 aliphatic heterocycles. The van der Waals surface area contributed by atoms with Crippen LogP contribution in [0.25, 0.3) is 11.0 Å². The summed E-state index contributed by atoms with van der Waals surface area (Å²) < 4.78 is 12.8. The van der Waals surface area contributed by atoms with Gasteiger partial charge in [0.2, 0.25) is 5.91 Å². The smallest absolute Gasteiger partial charge is 0.227 e. The fourth-order valence-electron chi connectivity index (χ4n) is 3.65. The van der Waals surface area contributed by atoms with Gasteiger partial charge in [0.25, 0.3) is 0 Å². The maximum Gasteiger partial charge on any atom is 0.227 e. The van der Waals surface area contributed by atoms with Gasteiger partial charge in [-0.3, -0.25) is 4.79 Å². The standard InChI is InChI=1S/C20H21N3O3/c1-22-16-7-5-4-6-15(16)21-20(22)13-10-19(24)23(12-13)17-11-14(25-2)8-9-18(17)26-3/h4-9,11,13H,10,12H2,1-3H3. The van der Waals surface area contributed by atoms with Crippen molar-refractivity contribution in [2.75, 3.05) is 25.7 Å². The summed E-state index contributed by atoms with van der Waals surface area (Å²) in [7, 11) is 5.22. The van der Waals surface area contributed by atoms with Gasteiger partial charge in [0.1, 0.15) is 17.3 Å². The van der Waals surface area contributed by atoms with E-state index >= 15 is 0 Å². The molecule has 1 fully saturated rings. The topological polar surface area (TPSA) is 56.6 Å². The Kier molecular flexibility index (Phi) is 4.03. The molecule has 6 nitrogen and oxygen atoms in total. The molecule has 0 aliphatic carbocycles. The Bertz CT molecular complexity index is 980. The highest BCUT2D eigenvalue weighted by molar-refractivity contribution is 5.98. The maximum absolute atomic E-state index is 12.7. The van der Waals surface area contributed by atoms with Crippen LogP contribution >= 0.6 is 0 Å². The van der Waals surface area contributed by atoms with Crippen LogP contribution in [0.1, 0.15) is 18.2 Å². The summed E-state index contributed by atoms with van der Waals surface area (Å²) in [6.45, 7) is 0.569. The highest BCUT2D eigenvalue weighted by Crippen LogP contribution is 2.38. The van der Waals surface area contributed by atoms with Crippen molar-refractivity contribution in [2.24, 2.45) is 7.05 Å². The van der Waals surface area contributed by atoms with Gasteiger partial charge < -0.3 is 18.9 Å². The summed E-state index contributed by atoms with van der Waals surface area (Å²) >= 11 is 0. The van der Waals surface area contributed by atoms with Gasteiger partial charge in [0.15, 0.2) is 0 Å². The predicted octanol–water partition coefficient (Wildman–Crippen LogP) is 3.11. The van der Waals surface area contributed by atoms with E-state index in [0.29, 0.717) is 24.5 Å². The normalized spacial score (nSPS) is 17.1. The Balaban J connectivity index is 1.70. The molecule has 0 radical (unpaired) electrons. The van der Waals surface area contributed by atoms with Crippen LogP contribution in [-0.4, -0.2) is 36.2 Å². The van der Waals surface area contributed by atoms with Crippen LogP contribution in [0, 0.1) is 0 Å². The Hall–Kier alpha value is -3.02. The van der Waals surface area contributed by atoms with Gasteiger partial charge in [0, 0.05) is 32.0 Å². The minimum atomic E-state index is 0.0378. The molecule has 134 valence electrons. The van der Waals surface area contributed by atoms with Crippen molar-refractivity contribution in [3.8, 4) is 11.5 Å². The molecular formula is C20H21N3O3. The van der Waals surface area contributed by atoms with Gasteiger partial charge in [0.05, 0.1) is 30.9 Å². The molecule has 26 heavy (non-hydrogen) atoms. The number of aromatic nitrogens is 2. The van der Waals surface area contributed by atoms with E-state index in [0.717, 1.165) is 22.5 Å². The lowest BCUT2D eigenvalue weighted by molar-refractivity contribution is -0.117. The van der Waals surface area contributed by atoms with Gasteiger partial charge in [-0.2, -0.15) is 0 Å². The first-order chi connectivity index (χ1) is 12.6. The quantitative estimate of drug-likeness (QED) is 0.725. The van der Waals surface area contributed by atoms with Crippen LogP contribution in [0.4, 0.5) is 5.69 Å². The Morgan fingerprint density at radius 1 is 1.12 bits per heavy atom. The third-order valence-corrected chi connectivity index (χ3v) is 4.99. The number of imidazole rings is 1. The number of amides is 1. The zero-order valence-corrected chi connectivity index (χ0v) is 15.1. The molecule has 0 bridgehead atoms. The second-order valence-corrected chi connectivity index (χ2v) is 6.46. The zero-order valence-electron chi connectivity index (χ0n) is 15.1. The molecule has 0 saturated carbocycles. The van der Waals surface area contributed by atoms with E-state index in [4.69, 9.17) is 14.5 Å². The number of carbonyl (C=O) groups is 1. The number of benzene rings is 2. The van der Waals surface area contributed by atoms with Gasteiger partial charge in [-0.05, 0) is 24.3 Å². The van der Waals surface area contributed by atoms with Gasteiger partial charge in [-0.15, -0.1) is 0 Å². The van der Waals surface area contributed by atoms with E-state index in [-0.39, 0.29) is 11.8 Å². The lowest BCUT2D eigenvalue weighted by atomic mass is 10.1. The van der Waals surface area contributed by atoms with Crippen LogP contribution in [-0.2, 0) is 11.8 Å².